The number of rotatable bonds is 1. The highest BCUT2D eigenvalue weighted by Gasteiger charge is 2.26. The van der Waals surface area contributed by atoms with Crippen molar-refractivity contribution < 1.29 is 9.90 Å². The largest absolute Gasteiger partial charge is 0.508 e. The summed E-state index contributed by atoms with van der Waals surface area (Å²) in [5.41, 5.74) is 8.41. The van der Waals surface area contributed by atoms with Crippen molar-refractivity contribution >= 4 is 39.2 Å². The summed E-state index contributed by atoms with van der Waals surface area (Å²) in [6.45, 7) is 15.0. The number of likely N-dealkylation sites (tertiary alicyclic amines) is 1. The van der Waals surface area contributed by atoms with Crippen LogP contribution in [0.2, 0.25) is 0 Å². The first-order valence-electron chi connectivity index (χ1n) is 12.7. The van der Waals surface area contributed by atoms with Crippen LogP contribution >= 0.6 is 27.7 Å². The second-order valence-corrected chi connectivity index (χ2v) is 10.4. The van der Waals surface area contributed by atoms with Crippen LogP contribution in [0.1, 0.15) is 76.3 Å². The van der Waals surface area contributed by atoms with Crippen LogP contribution in [0, 0.1) is 0 Å². The number of phenols is 1. The van der Waals surface area contributed by atoms with Crippen LogP contribution in [0.3, 0.4) is 0 Å². The number of amides is 1. The molecule has 2 aliphatic rings. The van der Waals surface area contributed by atoms with Crippen LogP contribution in [-0.4, -0.2) is 46.5 Å². The second kappa shape index (κ2) is 16.6. The molecule has 4 nitrogen and oxygen atoms in total. The minimum Gasteiger partial charge on any atom is -0.508 e. The first kappa shape index (κ1) is 32.0. The predicted molar refractivity (Wildman–Crippen MR) is 161 cm³/mol. The SMILES string of the molecule is C=C(C)CC.CC.CC(=O)N1CCC(=C2c3ccc(O)cc3CCc3cc(Br)cnc32)CC1.CSC. The van der Waals surface area contributed by atoms with Crippen molar-refractivity contribution in [3.63, 3.8) is 0 Å². The van der Waals surface area contributed by atoms with E-state index < -0.39 is 0 Å². The lowest BCUT2D eigenvalue weighted by Crippen LogP contribution is -2.34. The number of aryl methyl sites for hydroxylation is 2. The van der Waals surface area contributed by atoms with E-state index in [1.165, 1.54) is 27.8 Å². The summed E-state index contributed by atoms with van der Waals surface area (Å²) in [4.78, 5) is 18.3. The zero-order valence-corrected chi connectivity index (χ0v) is 25.5. The Balaban J connectivity index is 0.000000561. The molecule has 36 heavy (non-hydrogen) atoms. The fraction of sp³-hybridized carbons (Fsp3) is 0.467. The van der Waals surface area contributed by atoms with Crippen molar-refractivity contribution in [3.05, 3.63) is 75.0 Å². The molecule has 1 fully saturated rings. The van der Waals surface area contributed by atoms with Gasteiger partial charge < -0.3 is 10.0 Å². The Morgan fingerprint density at radius 3 is 2.17 bits per heavy atom. The molecule has 2 aromatic rings. The van der Waals surface area contributed by atoms with Gasteiger partial charge in [-0.3, -0.25) is 9.78 Å². The Labute approximate surface area is 231 Å². The quantitative estimate of drug-likeness (QED) is 0.350. The van der Waals surface area contributed by atoms with Gasteiger partial charge in [0, 0.05) is 36.3 Å². The van der Waals surface area contributed by atoms with Crippen LogP contribution in [0.5, 0.6) is 5.75 Å². The number of piperidine rings is 1. The summed E-state index contributed by atoms with van der Waals surface area (Å²) in [6.07, 6.45) is 10.6. The second-order valence-electron chi connectivity index (χ2n) is 8.71. The number of pyridine rings is 1. The van der Waals surface area contributed by atoms with Gasteiger partial charge in [-0.1, -0.05) is 38.0 Å². The van der Waals surface area contributed by atoms with Gasteiger partial charge in [0.1, 0.15) is 5.75 Å². The first-order valence-corrected chi connectivity index (χ1v) is 15.1. The summed E-state index contributed by atoms with van der Waals surface area (Å²) in [7, 11) is 0. The number of thioether (sulfide) groups is 1. The van der Waals surface area contributed by atoms with Gasteiger partial charge in [-0.25, -0.2) is 0 Å². The third-order valence-electron chi connectivity index (χ3n) is 5.96. The van der Waals surface area contributed by atoms with Crippen LogP contribution in [0.25, 0.3) is 5.57 Å². The lowest BCUT2D eigenvalue weighted by molar-refractivity contribution is -0.129. The molecule has 4 rings (SSSR count). The normalized spacial score (nSPS) is 13.8. The Hall–Kier alpha value is -2.05. The van der Waals surface area contributed by atoms with E-state index in [0.29, 0.717) is 5.75 Å². The molecular formula is C30H43BrN2O2S. The number of carbonyl (C=O) groups excluding carboxylic acids is 1. The monoisotopic (exact) mass is 574 g/mol. The molecule has 0 radical (unpaired) electrons. The summed E-state index contributed by atoms with van der Waals surface area (Å²) in [5.74, 6) is 0.447. The van der Waals surface area contributed by atoms with E-state index in [1.807, 2.05) is 56.5 Å². The number of allylic oxidation sites excluding steroid dienone is 1. The van der Waals surface area contributed by atoms with Crippen molar-refractivity contribution in [1.29, 1.82) is 0 Å². The Bertz CT molecular complexity index is 984. The molecule has 1 saturated heterocycles. The van der Waals surface area contributed by atoms with Gasteiger partial charge in [0.25, 0.3) is 0 Å². The van der Waals surface area contributed by atoms with E-state index >= 15 is 0 Å². The van der Waals surface area contributed by atoms with Crippen LogP contribution in [0.15, 0.2) is 52.7 Å². The third-order valence-corrected chi connectivity index (χ3v) is 6.40. The van der Waals surface area contributed by atoms with Crippen molar-refractivity contribution in [3.8, 4) is 5.75 Å². The highest BCUT2D eigenvalue weighted by molar-refractivity contribution is 9.10. The van der Waals surface area contributed by atoms with Crippen molar-refractivity contribution in [2.75, 3.05) is 25.6 Å². The Morgan fingerprint density at radius 1 is 1.08 bits per heavy atom. The fourth-order valence-corrected chi connectivity index (χ4v) is 4.40. The molecule has 1 aliphatic heterocycles. The summed E-state index contributed by atoms with van der Waals surface area (Å²) >= 11 is 5.29. The van der Waals surface area contributed by atoms with Gasteiger partial charge in [0.15, 0.2) is 0 Å². The maximum absolute atomic E-state index is 11.7. The van der Waals surface area contributed by atoms with Gasteiger partial charge in [-0.15, -0.1) is 6.58 Å². The van der Waals surface area contributed by atoms with Gasteiger partial charge in [-0.05, 0) is 102 Å². The number of benzene rings is 1. The van der Waals surface area contributed by atoms with Gasteiger partial charge in [-0.2, -0.15) is 11.8 Å². The fourth-order valence-electron chi connectivity index (χ4n) is 4.02. The zero-order valence-electron chi connectivity index (χ0n) is 23.1. The maximum atomic E-state index is 11.7. The van der Waals surface area contributed by atoms with E-state index in [9.17, 15) is 9.90 Å². The maximum Gasteiger partial charge on any atom is 0.219 e. The number of carbonyl (C=O) groups is 1. The molecule has 2 heterocycles. The molecule has 1 amide bonds. The molecule has 1 aliphatic carbocycles. The summed E-state index contributed by atoms with van der Waals surface area (Å²) in [6, 6.07) is 7.80. The average molecular weight is 576 g/mol. The molecule has 6 heteroatoms. The Kier molecular flexibility index (Phi) is 14.8. The van der Waals surface area contributed by atoms with Crippen molar-refractivity contribution in [2.45, 2.75) is 66.7 Å². The smallest absolute Gasteiger partial charge is 0.219 e. The van der Waals surface area contributed by atoms with Gasteiger partial charge in [0.2, 0.25) is 5.91 Å². The van der Waals surface area contributed by atoms with Crippen molar-refractivity contribution in [2.24, 2.45) is 0 Å². The number of hydrogen-bond acceptors (Lipinski definition) is 4. The topological polar surface area (TPSA) is 53.4 Å². The molecular weight excluding hydrogens is 532 g/mol. The number of phenolic OH excluding ortho intramolecular Hbond substituents is 1. The molecule has 1 N–H and O–H groups in total. The molecule has 0 bridgehead atoms. The highest BCUT2D eigenvalue weighted by atomic mass is 79.9. The van der Waals surface area contributed by atoms with Gasteiger partial charge >= 0.3 is 0 Å². The van der Waals surface area contributed by atoms with E-state index in [2.05, 4.69) is 35.5 Å². The summed E-state index contributed by atoms with van der Waals surface area (Å²) < 4.78 is 0.987. The number of aromatic hydroxyl groups is 1. The number of hydrogen-bond donors (Lipinski definition) is 1. The van der Waals surface area contributed by atoms with Crippen LogP contribution in [0.4, 0.5) is 0 Å². The van der Waals surface area contributed by atoms with E-state index in [4.69, 9.17) is 4.98 Å². The molecule has 1 aromatic carbocycles. The third kappa shape index (κ3) is 9.44. The molecule has 198 valence electrons. The lowest BCUT2D eigenvalue weighted by atomic mass is 9.88. The predicted octanol–water partition coefficient (Wildman–Crippen LogP) is 8.07. The highest BCUT2D eigenvalue weighted by Crippen LogP contribution is 2.39. The number of fused-ring (bicyclic) bond motifs is 2. The minimum atomic E-state index is 0.141. The first-order chi connectivity index (χ1) is 17.2. The molecule has 0 spiro atoms. The summed E-state index contributed by atoms with van der Waals surface area (Å²) in [5, 5.41) is 9.95. The average Bonchev–Trinajstić information content (AvgIpc) is 3.02. The zero-order chi connectivity index (χ0) is 27.3. The van der Waals surface area contributed by atoms with Crippen LogP contribution < -0.4 is 0 Å². The van der Waals surface area contributed by atoms with E-state index in [0.717, 1.165) is 60.9 Å². The number of halogens is 1. The number of aromatic nitrogens is 1. The molecule has 0 unspecified atom stereocenters. The molecule has 0 saturated carbocycles. The minimum absolute atomic E-state index is 0.141. The Morgan fingerprint density at radius 2 is 1.64 bits per heavy atom. The van der Waals surface area contributed by atoms with Crippen LogP contribution in [-0.2, 0) is 17.6 Å². The van der Waals surface area contributed by atoms with Gasteiger partial charge in [0.05, 0.1) is 5.69 Å². The van der Waals surface area contributed by atoms with E-state index in [-0.39, 0.29) is 5.91 Å². The number of nitrogens with zero attached hydrogens (tertiary/aromatic N) is 2. The van der Waals surface area contributed by atoms with E-state index in [1.54, 1.807) is 24.8 Å². The van der Waals surface area contributed by atoms with Crippen molar-refractivity contribution in [1.82, 2.24) is 9.88 Å². The molecule has 1 aromatic heterocycles. The standard InChI is InChI=1S/C21H21BrN2O2.C5H10.C2H6S.C2H6/c1-13(25)24-8-6-14(7-9-24)20-19-5-4-18(26)11-15(19)2-3-16-10-17(22)12-23-21(16)20;1-4-5(2)3;1-3-2;1-2/h4-5,10-12,26H,2-3,6-9H2,1H3;2,4H2,1,3H3;1-2H3;1-2H3. The molecule has 0 atom stereocenters. The lowest BCUT2D eigenvalue weighted by Gasteiger charge is -2.29.